The first-order valence-corrected chi connectivity index (χ1v) is 10.3. The van der Waals surface area contributed by atoms with Crippen molar-refractivity contribution in [1.29, 1.82) is 0 Å². The SMILES string of the molecule is CCC1Oc2ccccc2N(CCC(=O)Nc2ccc(N3CCOCC3)nc2)C1=O. The van der Waals surface area contributed by atoms with Gasteiger partial charge in [0.25, 0.3) is 5.91 Å². The van der Waals surface area contributed by atoms with Crippen LogP contribution in [0.3, 0.4) is 0 Å². The minimum Gasteiger partial charge on any atom is -0.478 e. The molecule has 0 radical (unpaired) electrons. The Morgan fingerprint density at radius 1 is 1.20 bits per heavy atom. The number of benzene rings is 1. The third-order valence-electron chi connectivity index (χ3n) is 5.27. The number of carbonyl (C=O) groups excluding carboxylic acids is 2. The number of pyridine rings is 1. The number of ether oxygens (including phenoxy) is 2. The summed E-state index contributed by atoms with van der Waals surface area (Å²) in [6, 6.07) is 11.2. The van der Waals surface area contributed by atoms with Gasteiger partial charge >= 0.3 is 0 Å². The number of para-hydroxylation sites is 2. The third-order valence-corrected chi connectivity index (χ3v) is 5.27. The van der Waals surface area contributed by atoms with Crippen LogP contribution in [0.5, 0.6) is 5.75 Å². The summed E-state index contributed by atoms with van der Waals surface area (Å²) in [7, 11) is 0. The van der Waals surface area contributed by atoms with Crippen molar-refractivity contribution < 1.29 is 19.1 Å². The second-order valence-corrected chi connectivity index (χ2v) is 7.28. The summed E-state index contributed by atoms with van der Waals surface area (Å²) in [5.74, 6) is 1.27. The largest absolute Gasteiger partial charge is 0.478 e. The highest BCUT2D eigenvalue weighted by Crippen LogP contribution is 2.34. The van der Waals surface area contributed by atoms with Gasteiger partial charge in [0.2, 0.25) is 5.91 Å². The maximum atomic E-state index is 12.7. The molecule has 4 rings (SSSR count). The highest BCUT2D eigenvalue weighted by Gasteiger charge is 2.33. The summed E-state index contributed by atoms with van der Waals surface area (Å²) in [5.41, 5.74) is 1.34. The number of carbonyl (C=O) groups is 2. The molecule has 30 heavy (non-hydrogen) atoms. The zero-order chi connectivity index (χ0) is 20.9. The van der Waals surface area contributed by atoms with Crippen LogP contribution in [0.15, 0.2) is 42.6 Å². The molecule has 1 saturated heterocycles. The lowest BCUT2D eigenvalue weighted by Crippen LogP contribution is -2.46. The van der Waals surface area contributed by atoms with Crippen molar-refractivity contribution in [3.8, 4) is 5.75 Å². The molecule has 1 atom stereocenters. The first kappa shape index (κ1) is 20.2. The summed E-state index contributed by atoms with van der Waals surface area (Å²) >= 11 is 0. The summed E-state index contributed by atoms with van der Waals surface area (Å²) in [5, 5.41) is 2.86. The predicted octanol–water partition coefficient (Wildman–Crippen LogP) is 2.45. The molecule has 8 heteroatoms. The molecule has 1 fully saturated rings. The zero-order valence-corrected chi connectivity index (χ0v) is 17.0. The molecule has 8 nitrogen and oxygen atoms in total. The lowest BCUT2D eigenvalue weighted by molar-refractivity contribution is -0.126. The van der Waals surface area contributed by atoms with Crippen LogP contribution >= 0.6 is 0 Å². The first-order valence-electron chi connectivity index (χ1n) is 10.3. The van der Waals surface area contributed by atoms with E-state index in [0.717, 1.165) is 18.9 Å². The zero-order valence-electron chi connectivity index (χ0n) is 17.0. The van der Waals surface area contributed by atoms with E-state index >= 15 is 0 Å². The van der Waals surface area contributed by atoms with Gasteiger partial charge in [0, 0.05) is 26.1 Å². The molecule has 1 aromatic heterocycles. The topological polar surface area (TPSA) is 84.0 Å². The number of aromatic nitrogens is 1. The molecular weight excluding hydrogens is 384 g/mol. The standard InChI is InChI=1S/C22H26N4O4/c1-2-18-22(28)26(17-5-3-4-6-19(17)30-18)10-9-21(27)24-16-7-8-20(23-15-16)25-11-13-29-14-12-25/h3-8,15,18H,2,9-14H2,1H3,(H,24,27). The van der Waals surface area contributed by atoms with Gasteiger partial charge < -0.3 is 24.6 Å². The monoisotopic (exact) mass is 410 g/mol. The van der Waals surface area contributed by atoms with Crippen LogP contribution in [0.4, 0.5) is 17.2 Å². The number of hydrogen-bond acceptors (Lipinski definition) is 6. The molecule has 1 N–H and O–H groups in total. The summed E-state index contributed by atoms with van der Waals surface area (Å²) < 4.78 is 11.1. The Morgan fingerprint density at radius 3 is 2.73 bits per heavy atom. The van der Waals surface area contributed by atoms with Crippen LogP contribution in [-0.4, -0.2) is 55.8 Å². The molecule has 158 valence electrons. The normalized spacial score (nSPS) is 18.6. The number of nitrogens with zero attached hydrogens (tertiary/aromatic N) is 3. The molecular formula is C22H26N4O4. The van der Waals surface area contributed by atoms with Crippen LogP contribution in [0, 0.1) is 0 Å². The third kappa shape index (κ3) is 4.38. The highest BCUT2D eigenvalue weighted by molar-refractivity contribution is 6.01. The van der Waals surface area contributed by atoms with E-state index in [2.05, 4.69) is 15.2 Å². The van der Waals surface area contributed by atoms with Crippen LogP contribution in [0.1, 0.15) is 19.8 Å². The van der Waals surface area contributed by atoms with E-state index in [1.54, 1.807) is 11.1 Å². The molecule has 2 amide bonds. The number of amides is 2. The smallest absolute Gasteiger partial charge is 0.268 e. The number of hydrogen-bond donors (Lipinski definition) is 1. The second kappa shape index (κ2) is 9.13. The van der Waals surface area contributed by atoms with Gasteiger partial charge in [-0.1, -0.05) is 19.1 Å². The van der Waals surface area contributed by atoms with Gasteiger partial charge in [0.1, 0.15) is 11.6 Å². The second-order valence-electron chi connectivity index (χ2n) is 7.28. The summed E-state index contributed by atoms with van der Waals surface area (Å²) in [6.07, 6.45) is 1.91. The van der Waals surface area contributed by atoms with Crippen LogP contribution in [-0.2, 0) is 14.3 Å². The molecule has 0 aliphatic carbocycles. The molecule has 0 bridgehead atoms. The number of nitrogens with one attached hydrogen (secondary N) is 1. The van der Waals surface area contributed by atoms with Gasteiger partial charge in [0.15, 0.2) is 6.10 Å². The Bertz CT molecular complexity index is 896. The summed E-state index contributed by atoms with van der Waals surface area (Å²) in [6.45, 7) is 5.22. The van der Waals surface area contributed by atoms with E-state index in [4.69, 9.17) is 9.47 Å². The Kier molecular flexibility index (Phi) is 6.13. The van der Waals surface area contributed by atoms with E-state index in [9.17, 15) is 9.59 Å². The van der Waals surface area contributed by atoms with Gasteiger partial charge in [-0.05, 0) is 30.7 Å². The maximum Gasteiger partial charge on any atom is 0.268 e. The Balaban J connectivity index is 1.36. The van der Waals surface area contributed by atoms with E-state index in [1.807, 2.05) is 43.3 Å². The van der Waals surface area contributed by atoms with Crippen molar-refractivity contribution in [3.63, 3.8) is 0 Å². The van der Waals surface area contributed by atoms with E-state index in [1.165, 1.54) is 0 Å². The quantitative estimate of drug-likeness (QED) is 0.788. The average Bonchev–Trinajstić information content (AvgIpc) is 2.79. The fraction of sp³-hybridized carbons (Fsp3) is 0.409. The van der Waals surface area contributed by atoms with Crippen LogP contribution in [0.25, 0.3) is 0 Å². The van der Waals surface area contributed by atoms with Crippen molar-refractivity contribution in [3.05, 3.63) is 42.6 Å². The van der Waals surface area contributed by atoms with Crippen molar-refractivity contribution in [2.45, 2.75) is 25.9 Å². The Hall–Kier alpha value is -3.13. The number of morpholine rings is 1. The van der Waals surface area contributed by atoms with Crippen molar-refractivity contribution in [1.82, 2.24) is 4.98 Å². The van der Waals surface area contributed by atoms with E-state index in [0.29, 0.717) is 43.3 Å². The van der Waals surface area contributed by atoms with Gasteiger partial charge in [-0.15, -0.1) is 0 Å². The molecule has 2 aliphatic heterocycles. The predicted molar refractivity (Wildman–Crippen MR) is 114 cm³/mol. The Labute approximate surface area is 175 Å². The van der Waals surface area contributed by atoms with Gasteiger partial charge in [-0.25, -0.2) is 4.98 Å². The minimum absolute atomic E-state index is 0.111. The molecule has 1 unspecified atom stereocenters. The number of rotatable bonds is 6. The van der Waals surface area contributed by atoms with Gasteiger partial charge in [-0.2, -0.15) is 0 Å². The molecule has 0 saturated carbocycles. The maximum absolute atomic E-state index is 12.7. The number of anilines is 3. The van der Waals surface area contributed by atoms with Crippen LogP contribution in [0.2, 0.25) is 0 Å². The summed E-state index contributed by atoms with van der Waals surface area (Å²) in [4.78, 5) is 33.4. The van der Waals surface area contributed by atoms with Crippen LogP contribution < -0.4 is 19.9 Å². The number of fused-ring (bicyclic) bond motifs is 1. The molecule has 3 heterocycles. The lowest BCUT2D eigenvalue weighted by atomic mass is 10.1. The lowest BCUT2D eigenvalue weighted by Gasteiger charge is -2.33. The fourth-order valence-corrected chi connectivity index (χ4v) is 3.64. The average molecular weight is 410 g/mol. The van der Waals surface area contributed by atoms with E-state index in [-0.39, 0.29) is 18.2 Å². The Morgan fingerprint density at radius 2 is 2.00 bits per heavy atom. The van der Waals surface area contributed by atoms with E-state index < -0.39 is 6.10 Å². The highest BCUT2D eigenvalue weighted by atomic mass is 16.5. The fourth-order valence-electron chi connectivity index (χ4n) is 3.64. The van der Waals surface area contributed by atoms with Crippen molar-refractivity contribution in [2.75, 3.05) is 48.0 Å². The van der Waals surface area contributed by atoms with Crippen molar-refractivity contribution >= 4 is 29.0 Å². The molecule has 0 spiro atoms. The minimum atomic E-state index is -0.514. The van der Waals surface area contributed by atoms with Gasteiger partial charge in [0.05, 0.1) is 30.8 Å². The molecule has 2 aromatic rings. The van der Waals surface area contributed by atoms with Crippen molar-refractivity contribution in [2.24, 2.45) is 0 Å². The molecule has 1 aromatic carbocycles. The first-order chi connectivity index (χ1) is 14.7. The van der Waals surface area contributed by atoms with Gasteiger partial charge in [-0.3, -0.25) is 9.59 Å². The molecule has 2 aliphatic rings.